The van der Waals surface area contributed by atoms with E-state index >= 15 is 0 Å². The van der Waals surface area contributed by atoms with Gasteiger partial charge in [0, 0.05) is 11.3 Å². The molecule has 4 aromatic rings. The number of hydrogen-bond acceptors (Lipinski definition) is 9. The molecular formula is C28H23NO9. The van der Waals surface area contributed by atoms with Gasteiger partial charge < -0.3 is 38.2 Å². The largest absolute Gasteiger partial charge is 0.497 e. The number of carbonyl (C=O) groups excluding carboxylic acids is 1. The summed E-state index contributed by atoms with van der Waals surface area (Å²) in [5.41, 5.74) is 0.896. The molecule has 2 aliphatic rings. The maximum absolute atomic E-state index is 13.7. The highest BCUT2D eigenvalue weighted by molar-refractivity contribution is 5.98. The van der Waals surface area contributed by atoms with Gasteiger partial charge in [0.05, 0.1) is 38.2 Å². The number of fused-ring (bicyclic) bond motifs is 4. The van der Waals surface area contributed by atoms with Crippen LogP contribution in [0, 0.1) is 0 Å². The number of nitrogens with one attached hydrogen (secondary N) is 1. The molecule has 0 fully saturated rings. The Morgan fingerprint density at radius 1 is 0.921 bits per heavy atom. The van der Waals surface area contributed by atoms with E-state index in [1.807, 2.05) is 0 Å². The number of amides is 1. The third-order valence-electron chi connectivity index (χ3n) is 6.62. The SMILES string of the molecule is COc1ccc(NC(=O)[C@H]2Oc3c(c(=O)oc4ccccc34)[C@@H]2c2cc(OC)c3c(c2OC)OCO3)cc1. The van der Waals surface area contributed by atoms with Crippen LogP contribution in [0.4, 0.5) is 5.69 Å². The zero-order chi connectivity index (χ0) is 26.4. The first-order valence-corrected chi connectivity index (χ1v) is 11.8. The molecule has 194 valence electrons. The Morgan fingerprint density at radius 2 is 1.68 bits per heavy atom. The normalized spacial score (nSPS) is 17.0. The number of methoxy groups -OCH3 is 3. The minimum absolute atomic E-state index is 0.0303. The molecular weight excluding hydrogens is 494 g/mol. The average Bonchev–Trinajstić information content (AvgIpc) is 3.59. The Bertz CT molecular complexity index is 1610. The molecule has 2 aliphatic heterocycles. The van der Waals surface area contributed by atoms with E-state index in [4.69, 9.17) is 32.8 Å². The number of ether oxygens (including phenoxy) is 6. The van der Waals surface area contributed by atoms with Gasteiger partial charge in [-0.25, -0.2) is 4.79 Å². The van der Waals surface area contributed by atoms with Gasteiger partial charge in [0.1, 0.15) is 17.1 Å². The van der Waals surface area contributed by atoms with Crippen LogP contribution in [0.15, 0.2) is 63.8 Å². The summed E-state index contributed by atoms with van der Waals surface area (Å²) in [5.74, 6) is 0.880. The van der Waals surface area contributed by atoms with Crippen molar-refractivity contribution in [2.24, 2.45) is 0 Å². The lowest BCUT2D eigenvalue weighted by Gasteiger charge is -2.22. The molecule has 0 spiro atoms. The fourth-order valence-electron chi connectivity index (χ4n) is 4.92. The van der Waals surface area contributed by atoms with Crippen molar-refractivity contribution in [3.8, 4) is 34.5 Å². The molecule has 6 rings (SSSR count). The second-order valence-electron chi connectivity index (χ2n) is 8.63. The van der Waals surface area contributed by atoms with Gasteiger partial charge in [-0.2, -0.15) is 0 Å². The van der Waals surface area contributed by atoms with Gasteiger partial charge in [0.2, 0.25) is 18.3 Å². The summed E-state index contributed by atoms with van der Waals surface area (Å²) in [7, 11) is 4.52. The highest BCUT2D eigenvalue weighted by Gasteiger charge is 2.47. The monoisotopic (exact) mass is 517 g/mol. The molecule has 1 N–H and O–H groups in total. The van der Waals surface area contributed by atoms with Crippen LogP contribution in [0.2, 0.25) is 0 Å². The number of hydrogen-bond donors (Lipinski definition) is 1. The van der Waals surface area contributed by atoms with E-state index in [2.05, 4.69) is 5.32 Å². The molecule has 38 heavy (non-hydrogen) atoms. The van der Waals surface area contributed by atoms with E-state index in [0.29, 0.717) is 51.0 Å². The first kappa shape index (κ1) is 23.5. The third-order valence-corrected chi connectivity index (χ3v) is 6.62. The van der Waals surface area contributed by atoms with Crippen molar-refractivity contribution in [1.29, 1.82) is 0 Å². The minimum Gasteiger partial charge on any atom is -0.497 e. The van der Waals surface area contributed by atoms with Gasteiger partial charge in [-0.05, 0) is 42.5 Å². The van der Waals surface area contributed by atoms with E-state index in [1.54, 1.807) is 61.7 Å². The van der Waals surface area contributed by atoms with Crippen molar-refractivity contribution in [3.05, 3.63) is 76.1 Å². The Labute approximate surface area is 216 Å². The summed E-state index contributed by atoms with van der Waals surface area (Å²) in [6.45, 7) is -0.0303. The van der Waals surface area contributed by atoms with Gasteiger partial charge in [-0.1, -0.05) is 12.1 Å². The van der Waals surface area contributed by atoms with Crippen molar-refractivity contribution < 1.29 is 37.6 Å². The summed E-state index contributed by atoms with van der Waals surface area (Å²) in [6, 6.07) is 15.5. The third kappa shape index (κ3) is 3.64. The topological polar surface area (TPSA) is 115 Å². The van der Waals surface area contributed by atoms with Crippen molar-refractivity contribution in [2.75, 3.05) is 33.4 Å². The van der Waals surface area contributed by atoms with E-state index in [1.165, 1.54) is 14.2 Å². The van der Waals surface area contributed by atoms with Crippen LogP contribution in [-0.4, -0.2) is 40.1 Å². The Hall–Kier alpha value is -4.86. The first-order valence-electron chi connectivity index (χ1n) is 11.8. The average molecular weight is 517 g/mol. The molecule has 0 aliphatic carbocycles. The van der Waals surface area contributed by atoms with Crippen LogP contribution in [0.25, 0.3) is 11.0 Å². The predicted molar refractivity (Wildman–Crippen MR) is 136 cm³/mol. The molecule has 0 radical (unpaired) electrons. The van der Waals surface area contributed by atoms with Crippen molar-refractivity contribution >= 4 is 22.6 Å². The van der Waals surface area contributed by atoms with Crippen molar-refractivity contribution in [3.63, 3.8) is 0 Å². The molecule has 1 aromatic heterocycles. The summed E-state index contributed by atoms with van der Waals surface area (Å²) >= 11 is 0. The van der Waals surface area contributed by atoms with Crippen LogP contribution in [0.3, 0.4) is 0 Å². The smallest absolute Gasteiger partial charge is 0.344 e. The highest BCUT2D eigenvalue weighted by Crippen LogP contribution is 2.55. The van der Waals surface area contributed by atoms with Crippen LogP contribution in [-0.2, 0) is 4.79 Å². The predicted octanol–water partition coefficient (Wildman–Crippen LogP) is 4.08. The Balaban J connectivity index is 1.53. The second kappa shape index (κ2) is 9.22. The summed E-state index contributed by atoms with van der Waals surface area (Å²) in [4.78, 5) is 27.1. The van der Waals surface area contributed by atoms with Gasteiger partial charge in [-0.3, -0.25) is 4.79 Å². The quantitative estimate of drug-likeness (QED) is 0.378. The fourth-order valence-corrected chi connectivity index (χ4v) is 4.92. The minimum atomic E-state index is -1.15. The standard InChI is InChI=1S/C28H23NO9/c1-32-15-10-8-14(9-11-15)29-27(30)25-20(17-12-19(33-2)24-26(23(17)34-3)36-13-35-24)21-22(38-25)16-6-4-5-7-18(16)37-28(21)31/h4-12,20,25H,13H2,1-3H3,(H,29,30)/t20-,25-/m0/s1. The molecule has 3 heterocycles. The van der Waals surface area contributed by atoms with E-state index < -0.39 is 23.6 Å². The molecule has 0 saturated heterocycles. The molecule has 0 unspecified atom stereocenters. The Kier molecular flexibility index (Phi) is 5.71. The lowest BCUT2D eigenvalue weighted by Crippen LogP contribution is -2.35. The number of benzene rings is 3. The molecule has 10 nitrogen and oxygen atoms in total. The fraction of sp³-hybridized carbons (Fsp3) is 0.214. The molecule has 0 bridgehead atoms. The van der Waals surface area contributed by atoms with E-state index in [0.717, 1.165) is 0 Å². The van der Waals surface area contributed by atoms with Crippen LogP contribution in [0.5, 0.6) is 34.5 Å². The van der Waals surface area contributed by atoms with E-state index in [9.17, 15) is 9.59 Å². The summed E-state index contributed by atoms with van der Waals surface area (Å²) in [5, 5.41) is 3.44. The lowest BCUT2D eigenvalue weighted by molar-refractivity contribution is -0.122. The van der Waals surface area contributed by atoms with Crippen LogP contribution >= 0.6 is 0 Å². The maximum atomic E-state index is 13.7. The first-order chi connectivity index (χ1) is 18.5. The van der Waals surface area contributed by atoms with Crippen LogP contribution in [0.1, 0.15) is 17.0 Å². The lowest BCUT2D eigenvalue weighted by atomic mass is 9.87. The van der Waals surface area contributed by atoms with Gasteiger partial charge in [-0.15, -0.1) is 0 Å². The highest BCUT2D eigenvalue weighted by atomic mass is 16.7. The molecule has 0 saturated carbocycles. The molecule has 1 amide bonds. The maximum Gasteiger partial charge on any atom is 0.344 e. The van der Waals surface area contributed by atoms with Crippen LogP contribution < -0.4 is 39.4 Å². The van der Waals surface area contributed by atoms with Crippen molar-refractivity contribution in [2.45, 2.75) is 12.0 Å². The number of anilines is 1. The number of carbonyl (C=O) groups is 1. The summed E-state index contributed by atoms with van der Waals surface area (Å²) in [6.07, 6.45) is -1.15. The zero-order valence-electron chi connectivity index (χ0n) is 20.7. The molecule has 3 aromatic carbocycles. The molecule has 2 atom stereocenters. The van der Waals surface area contributed by atoms with Gasteiger partial charge >= 0.3 is 5.63 Å². The second-order valence-corrected chi connectivity index (χ2v) is 8.63. The Morgan fingerprint density at radius 3 is 2.42 bits per heavy atom. The number of para-hydroxylation sites is 1. The number of rotatable bonds is 6. The van der Waals surface area contributed by atoms with Gasteiger partial charge in [0.25, 0.3) is 5.91 Å². The van der Waals surface area contributed by atoms with E-state index in [-0.39, 0.29) is 18.1 Å². The summed E-state index contributed by atoms with van der Waals surface area (Å²) < 4.78 is 39.6. The van der Waals surface area contributed by atoms with Crippen molar-refractivity contribution in [1.82, 2.24) is 0 Å². The zero-order valence-corrected chi connectivity index (χ0v) is 20.7. The van der Waals surface area contributed by atoms with Gasteiger partial charge in [0.15, 0.2) is 17.6 Å². The molecule has 10 heteroatoms.